The standard InChI is InChI=1S/C31H35NO6S/c33-23-15-16-31(34)28-30(32(28)18-21-11-12-21)19-29(31)25-22(30)13-14-24(26(25)37-27(23)29)38-39(35)36-17-7-2-1-4-8-20-9-5-3-6-10-20/h3,5-6,9-10,13-14,21,27-28,34H,1-2,4,7-8,11-12,15-19H2. The van der Waals surface area contributed by atoms with Crippen molar-refractivity contribution in [1.29, 1.82) is 0 Å². The zero-order chi connectivity index (χ0) is 26.4. The van der Waals surface area contributed by atoms with Crippen LogP contribution in [0.1, 0.15) is 74.5 Å². The number of carbonyl (C=O) groups is 1. The quantitative estimate of drug-likeness (QED) is 0.313. The summed E-state index contributed by atoms with van der Waals surface area (Å²) in [7, 11) is 0. The van der Waals surface area contributed by atoms with Gasteiger partial charge in [0.1, 0.15) is 0 Å². The van der Waals surface area contributed by atoms with Crippen LogP contribution in [0.25, 0.3) is 0 Å². The number of hydrogen-bond acceptors (Lipinski definition) is 7. The number of fused-ring (bicyclic) bond motifs is 1. The molecular weight excluding hydrogens is 514 g/mol. The second-order valence-corrected chi connectivity index (χ2v) is 13.3. The molecule has 8 heteroatoms. The number of Topliss-reactive ketones (excluding diaryl/α,β-unsaturated/α-hetero) is 1. The van der Waals surface area contributed by atoms with Gasteiger partial charge in [-0.25, -0.2) is 0 Å². The molecule has 2 bridgehead atoms. The predicted octanol–water partition coefficient (Wildman–Crippen LogP) is 4.26. The molecule has 6 aliphatic rings. The number of aliphatic hydroxyl groups is 1. The molecule has 0 amide bonds. The largest absolute Gasteiger partial charge is 0.477 e. The van der Waals surface area contributed by atoms with Crippen LogP contribution >= 0.6 is 0 Å². The normalized spacial score (nSPS) is 36.8. The molecule has 2 aliphatic heterocycles. The molecule has 7 atom stereocenters. The van der Waals surface area contributed by atoms with Crippen molar-refractivity contribution in [3.8, 4) is 11.5 Å². The lowest BCUT2D eigenvalue weighted by Gasteiger charge is -2.47. The summed E-state index contributed by atoms with van der Waals surface area (Å²) in [6.07, 6.45) is 8.44. The van der Waals surface area contributed by atoms with Gasteiger partial charge in [-0.2, -0.15) is 4.21 Å². The number of rotatable bonds is 12. The fraction of sp³-hybridized carbons (Fsp3) is 0.581. The summed E-state index contributed by atoms with van der Waals surface area (Å²) in [5, 5.41) is 12.2. The third-order valence-corrected chi connectivity index (χ3v) is 11.1. The lowest BCUT2D eigenvalue weighted by molar-refractivity contribution is -0.148. The zero-order valence-corrected chi connectivity index (χ0v) is 22.9. The number of piperidine rings is 1. The summed E-state index contributed by atoms with van der Waals surface area (Å²) in [4.78, 5) is 15.6. The maximum absolute atomic E-state index is 13.1. The van der Waals surface area contributed by atoms with E-state index in [9.17, 15) is 14.1 Å². The van der Waals surface area contributed by atoms with Crippen molar-refractivity contribution in [2.45, 2.75) is 92.9 Å². The van der Waals surface area contributed by atoms with E-state index in [0.717, 1.165) is 56.6 Å². The molecule has 1 saturated heterocycles. The molecule has 39 heavy (non-hydrogen) atoms. The molecule has 2 aromatic rings. The Labute approximate surface area is 231 Å². The molecule has 0 aromatic heterocycles. The summed E-state index contributed by atoms with van der Waals surface area (Å²) < 4.78 is 30.3. The Morgan fingerprint density at radius 2 is 1.90 bits per heavy atom. The maximum atomic E-state index is 13.1. The predicted molar refractivity (Wildman–Crippen MR) is 145 cm³/mol. The lowest BCUT2D eigenvalue weighted by atomic mass is 9.59. The van der Waals surface area contributed by atoms with Gasteiger partial charge in [-0.05, 0) is 68.1 Å². The summed E-state index contributed by atoms with van der Waals surface area (Å²) in [6.45, 7) is 1.37. The van der Waals surface area contributed by atoms with Crippen LogP contribution < -0.4 is 8.92 Å². The van der Waals surface area contributed by atoms with E-state index in [1.807, 2.05) is 12.1 Å². The molecule has 206 valence electrons. The number of hydrogen-bond donors (Lipinski definition) is 1. The molecule has 0 radical (unpaired) electrons. The van der Waals surface area contributed by atoms with Crippen molar-refractivity contribution in [2.75, 3.05) is 13.2 Å². The molecule has 8 rings (SSSR count). The monoisotopic (exact) mass is 549 g/mol. The highest BCUT2D eigenvalue weighted by Gasteiger charge is 2.91. The van der Waals surface area contributed by atoms with Gasteiger partial charge in [-0.15, -0.1) is 0 Å². The zero-order valence-electron chi connectivity index (χ0n) is 22.1. The van der Waals surface area contributed by atoms with Crippen LogP contribution in [0, 0.1) is 5.92 Å². The van der Waals surface area contributed by atoms with Gasteiger partial charge in [0.25, 0.3) is 0 Å². The van der Waals surface area contributed by atoms with E-state index in [0.29, 0.717) is 30.9 Å². The third kappa shape index (κ3) is 3.32. The first kappa shape index (κ1) is 24.5. The van der Waals surface area contributed by atoms with Crippen LogP contribution in [0.5, 0.6) is 11.5 Å². The first-order valence-electron chi connectivity index (χ1n) is 14.6. The molecule has 7 nitrogen and oxygen atoms in total. The number of carbonyl (C=O) groups excluding carboxylic acids is 1. The van der Waals surface area contributed by atoms with Gasteiger partial charge in [-0.3, -0.25) is 13.9 Å². The average molecular weight is 550 g/mol. The van der Waals surface area contributed by atoms with Gasteiger partial charge < -0.3 is 14.0 Å². The maximum Gasteiger partial charge on any atom is 0.360 e. The first-order valence-corrected chi connectivity index (χ1v) is 15.6. The third-order valence-electron chi connectivity index (χ3n) is 10.4. The van der Waals surface area contributed by atoms with E-state index in [4.69, 9.17) is 13.1 Å². The molecular formula is C31H35NO6S. The fourth-order valence-corrected chi connectivity index (χ4v) is 9.21. The Balaban J connectivity index is 0.947. The number of ketones is 1. The summed E-state index contributed by atoms with van der Waals surface area (Å²) in [5.74, 6) is 1.59. The van der Waals surface area contributed by atoms with Crippen LogP contribution in [0.4, 0.5) is 0 Å². The van der Waals surface area contributed by atoms with Crippen molar-refractivity contribution in [3.05, 3.63) is 59.2 Å². The van der Waals surface area contributed by atoms with E-state index >= 15 is 0 Å². The Bertz CT molecular complexity index is 1360. The molecule has 7 unspecified atom stereocenters. The van der Waals surface area contributed by atoms with E-state index in [-0.39, 0.29) is 17.4 Å². The summed E-state index contributed by atoms with van der Waals surface area (Å²) in [6, 6.07) is 14.4. The second-order valence-electron chi connectivity index (χ2n) is 12.5. The molecule has 1 N–H and O–H groups in total. The van der Waals surface area contributed by atoms with Crippen LogP contribution in [0.3, 0.4) is 0 Å². The smallest absolute Gasteiger partial charge is 0.360 e. The Morgan fingerprint density at radius 3 is 2.72 bits per heavy atom. The van der Waals surface area contributed by atoms with E-state index in [1.54, 1.807) is 0 Å². The number of likely N-dealkylation sites (tertiary alicyclic amines) is 1. The average Bonchev–Trinajstić information content (AvgIpc) is 3.78. The van der Waals surface area contributed by atoms with Crippen LogP contribution in [0.2, 0.25) is 0 Å². The lowest BCUT2D eigenvalue weighted by Crippen LogP contribution is -2.64. The number of aryl methyl sites for hydroxylation is 1. The highest BCUT2D eigenvalue weighted by molar-refractivity contribution is 7.75. The minimum absolute atomic E-state index is 0.0458. The van der Waals surface area contributed by atoms with Gasteiger partial charge in [0.15, 0.2) is 23.4 Å². The first-order chi connectivity index (χ1) is 19.0. The van der Waals surface area contributed by atoms with E-state index in [1.165, 1.54) is 24.0 Å². The topological polar surface area (TPSA) is 85.1 Å². The van der Waals surface area contributed by atoms with Crippen LogP contribution in [-0.4, -0.2) is 50.9 Å². The highest BCUT2D eigenvalue weighted by Crippen LogP contribution is 2.82. The van der Waals surface area contributed by atoms with E-state index in [2.05, 4.69) is 35.2 Å². The van der Waals surface area contributed by atoms with Gasteiger partial charge in [0.05, 0.1) is 29.2 Å². The Morgan fingerprint density at radius 1 is 1.08 bits per heavy atom. The fourth-order valence-electron chi connectivity index (χ4n) is 8.63. The molecule has 2 spiro atoms. The Hall–Kier alpha value is -2.26. The summed E-state index contributed by atoms with van der Waals surface area (Å²) in [5.41, 5.74) is 1.54. The van der Waals surface area contributed by atoms with Gasteiger partial charge in [0.2, 0.25) is 0 Å². The minimum atomic E-state index is -1.97. The second kappa shape index (κ2) is 8.62. The van der Waals surface area contributed by atoms with Gasteiger partial charge in [0, 0.05) is 18.5 Å². The number of ether oxygens (including phenoxy) is 1. The van der Waals surface area contributed by atoms with Crippen LogP contribution in [-0.2, 0) is 37.7 Å². The van der Waals surface area contributed by atoms with Crippen molar-refractivity contribution in [3.63, 3.8) is 0 Å². The minimum Gasteiger partial charge on any atom is -0.477 e. The van der Waals surface area contributed by atoms with Crippen molar-refractivity contribution in [1.82, 2.24) is 4.90 Å². The van der Waals surface area contributed by atoms with Gasteiger partial charge in [-0.1, -0.05) is 49.2 Å². The molecule has 4 fully saturated rings. The molecule has 2 heterocycles. The number of nitrogens with zero attached hydrogens (tertiary/aromatic N) is 1. The molecule has 4 aliphatic carbocycles. The SMILES string of the molecule is O=C1CCC2(O)C3N(CC4CC4)C34CC23c2c4ccc(OS(=O)OCCCCCCc4ccccc4)c2OC13. The van der Waals surface area contributed by atoms with Crippen LogP contribution in [0.15, 0.2) is 42.5 Å². The highest BCUT2D eigenvalue weighted by atomic mass is 32.2. The van der Waals surface area contributed by atoms with Crippen molar-refractivity contribution in [2.24, 2.45) is 5.92 Å². The summed E-state index contributed by atoms with van der Waals surface area (Å²) >= 11 is -1.97. The molecule has 2 aromatic carbocycles. The van der Waals surface area contributed by atoms with Crippen molar-refractivity contribution >= 4 is 17.1 Å². The van der Waals surface area contributed by atoms with E-state index < -0.39 is 28.5 Å². The Kier molecular flexibility index (Phi) is 5.42. The molecule has 3 saturated carbocycles. The number of unbranched alkanes of at least 4 members (excludes halogenated alkanes) is 3. The van der Waals surface area contributed by atoms with Crippen molar-refractivity contribution < 1.29 is 27.2 Å². The van der Waals surface area contributed by atoms with Gasteiger partial charge >= 0.3 is 11.4 Å². The number of benzene rings is 2.